The van der Waals surface area contributed by atoms with Crippen LogP contribution >= 0.6 is 0 Å². The van der Waals surface area contributed by atoms with E-state index in [1.54, 1.807) is 50.2 Å². The molecule has 1 atom stereocenters. The molecule has 2 heterocycles. The summed E-state index contributed by atoms with van der Waals surface area (Å²) in [4.78, 5) is 27.6. The third-order valence-electron chi connectivity index (χ3n) is 5.35. The average Bonchev–Trinajstić information content (AvgIpc) is 3.14. The van der Waals surface area contributed by atoms with Gasteiger partial charge in [0.05, 0.1) is 30.5 Å². The second kappa shape index (κ2) is 6.97. The summed E-state index contributed by atoms with van der Waals surface area (Å²) in [5.74, 6) is -0.842. The largest absolute Gasteiger partial charge is 0.469 e. The van der Waals surface area contributed by atoms with E-state index in [9.17, 15) is 19.1 Å². The Labute approximate surface area is 167 Å². The Morgan fingerprint density at radius 3 is 2.48 bits per heavy atom. The molecule has 4 rings (SSSR count). The van der Waals surface area contributed by atoms with Crippen LogP contribution in [-0.4, -0.2) is 16.8 Å². The standard InChI is InChI=1S/C23H20FNO4/c1-14-13-29-15(2)21(14)20(26)11-23(28)18-5-3-4-6-19(18)25(22(23)27)12-16-7-9-17(24)10-8-16/h3-10,13,28H,11-12H2,1-2H3. The second-order valence-corrected chi connectivity index (χ2v) is 7.35. The topological polar surface area (TPSA) is 70.7 Å². The number of rotatable bonds is 5. The average molecular weight is 393 g/mol. The first-order chi connectivity index (χ1) is 13.8. The molecule has 5 nitrogen and oxygen atoms in total. The molecule has 1 unspecified atom stereocenters. The fourth-order valence-corrected chi connectivity index (χ4v) is 3.92. The quantitative estimate of drug-likeness (QED) is 0.664. The Morgan fingerprint density at radius 1 is 1.14 bits per heavy atom. The minimum absolute atomic E-state index is 0.163. The first-order valence-corrected chi connectivity index (χ1v) is 9.27. The molecule has 29 heavy (non-hydrogen) atoms. The highest BCUT2D eigenvalue weighted by Gasteiger charge is 2.51. The number of hydrogen-bond donors (Lipinski definition) is 1. The van der Waals surface area contributed by atoms with E-state index in [-0.39, 0.29) is 24.6 Å². The summed E-state index contributed by atoms with van der Waals surface area (Å²) in [6.07, 6.45) is 1.10. The Morgan fingerprint density at radius 2 is 1.83 bits per heavy atom. The molecular formula is C23H20FNO4. The molecule has 1 amide bonds. The molecule has 6 heteroatoms. The first-order valence-electron chi connectivity index (χ1n) is 9.27. The highest BCUT2D eigenvalue weighted by atomic mass is 19.1. The molecule has 1 aliphatic rings. The Kier molecular flexibility index (Phi) is 4.59. The predicted molar refractivity (Wildman–Crippen MR) is 105 cm³/mol. The van der Waals surface area contributed by atoms with E-state index in [1.807, 2.05) is 0 Å². The summed E-state index contributed by atoms with van der Waals surface area (Å²) in [5, 5.41) is 11.4. The number of anilines is 1. The molecule has 1 aliphatic heterocycles. The van der Waals surface area contributed by atoms with Crippen LogP contribution in [0.1, 0.15) is 39.2 Å². The minimum Gasteiger partial charge on any atom is -0.469 e. The summed E-state index contributed by atoms with van der Waals surface area (Å²) in [6.45, 7) is 3.59. The lowest BCUT2D eigenvalue weighted by Gasteiger charge is -2.23. The van der Waals surface area contributed by atoms with E-state index in [2.05, 4.69) is 0 Å². The van der Waals surface area contributed by atoms with Crippen LogP contribution in [0.2, 0.25) is 0 Å². The number of carbonyl (C=O) groups is 2. The van der Waals surface area contributed by atoms with Gasteiger partial charge < -0.3 is 14.4 Å². The van der Waals surface area contributed by atoms with Crippen molar-refractivity contribution in [2.45, 2.75) is 32.4 Å². The van der Waals surface area contributed by atoms with Gasteiger partial charge in [0.15, 0.2) is 11.4 Å². The zero-order chi connectivity index (χ0) is 20.8. The fraction of sp³-hybridized carbons (Fsp3) is 0.217. The van der Waals surface area contributed by atoms with Crippen LogP contribution in [0.4, 0.5) is 10.1 Å². The summed E-state index contributed by atoms with van der Waals surface area (Å²) in [7, 11) is 0. The van der Waals surface area contributed by atoms with E-state index in [4.69, 9.17) is 4.42 Å². The summed E-state index contributed by atoms with van der Waals surface area (Å²) in [6, 6.07) is 12.7. The van der Waals surface area contributed by atoms with Gasteiger partial charge in [-0.1, -0.05) is 30.3 Å². The van der Waals surface area contributed by atoms with Crippen molar-refractivity contribution in [1.29, 1.82) is 0 Å². The number of ketones is 1. The van der Waals surface area contributed by atoms with Crippen LogP contribution in [0.5, 0.6) is 0 Å². The Hall–Kier alpha value is -3.25. The zero-order valence-corrected chi connectivity index (χ0v) is 16.1. The predicted octanol–water partition coefficient (Wildman–Crippen LogP) is 4.04. The van der Waals surface area contributed by atoms with Gasteiger partial charge >= 0.3 is 0 Å². The molecule has 0 radical (unpaired) electrons. The number of aliphatic hydroxyl groups is 1. The molecule has 3 aromatic rings. The fourth-order valence-electron chi connectivity index (χ4n) is 3.92. The number of nitrogens with zero attached hydrogens (tertiary/aromatic N) is 1. The van der Waals surface area contributed by atoms with Gasteiger partial charge in [0.2, 0.25) is 0 Å². The second-order valence-electron chi connectivity index (χ2n) is 7.35. The minimum atomic E-state index is -1.97. The normalized spacial score (nSPS) is 18.2. The molecular weight excluding hydrogens is 373 g/mol. The van der Waals surface area contributed by atoms with Crippen LogP contribution in [0.15, 0.2) is 59.2 Å². The van der Waals surface area contributed by atoms with Crippen LogP contribution in [0.3, 0.4) is 0 Å². The van der Waals surface area contributed by atoms with Gasteiger partial charge in [-0.05, 0) is 43.2 Å². The number of aryl methyl sites for hydroxylation is 2. The number of benzene rings is 2. The van der Waals surface area contributed by atoms with Gasteiger partial charge in [0, 0.05) is 5.56 Å². The molecule has 1 aromatic heterocycles. The molecule has 0 fully saturated rings. The van der Waals surface area contributed by atoms with E-state index in [0.717, 1.165) is 0 Å². The van der Waals surface area contributed by atoms with Gasteiger partial charge in [-0.3, -0.25) is 9.59 Å². The molecule has 2 aromatic carbocycles. The molecule has 0 aliphatic carbocycles. The lowest BCUT2D eigenvalue weighted by atomic mass is 9.87. The first kappa shape index (κ1) is 19.1. The lowest BCUT2D eigenvalue weighted by Crippen LogP contribution is -2.41. The van der Waals surface area contributed by atoms with Crippen molar-refractivity contribution in [2.75, 3.05) is 4.90 Å². The van der Waals surface area contributed by atoms with Crippen molar-refractivity contribution < 1.29 is 23.5 Å². The van der Waals surface area contributed by atoms with Crippen molar-refractivity contribution >= 4 is 17.4 Å². The summed E-state index contributed by atoms with van der Waals surface area (Å²) >= 11 is 0. The molecule has 148 valence electrons. The highest BCUT2D eigenvalue weighted by Crippen LogP contribution is 2.43. The summed E-state index contributed by atoms with van der Waals surface area (Å²) in [5.41, 5.74) is 0.728. The van der Waals surface area contributed by atoms with Gasteiger partial charge in [-0.25, -0.2) is 4.39 Å². The van der Waals surface area contributed by atoms with Gasteiger partial charge in [-0.15, -0.1) is 0 Å². The number of fused-ring (bicyclic) bond motifs is 1. The maximum atomic E-state index is 13.3. The molecule has 0 bridgehead atoms. The number of amides is 1. The number of Topliss-reactive ketones (excluding diaryl/α,β-unsaturated/α-hetero) is 1. The maximum Gasteiger partial charge on any atom is 0.264 e. The maximum absolute atomic E-state index is 13.3. The van der Waals surface area contributed by atoms with E-state index < -0.39 is 11.5 Å². The number of para-hydroxylation sites is 1. The Bertz CT molecular complexity index is 1080. The molecule has 0 spiro atoms. The van der Waals surface area contributed by atoms with Crippen LogP contribution in [0, 0.1) is 19.7 Å². The molecule has 1 N–H and O–H groups in total. The lowest BCUT2D eigenvalue weighted by molar-refractivity contribution is -0.136. The molecule has 0 saturated carbocycles. The van der Waals surface area contributed by atoms with Crippen molar-refractivity contribution in [3.63, 3.8) is 0 Å². The van der Waals surface area contributed by atoms with Gasteiger partial charge in [0.25, 0.3) is 5.91 Å². The third-order valence-corrected chi connectivity index (χ3v) is 5.35. The monoisotopic (exact) mass is 393 g/mol. The van der Waals surface area contributed by atoms with E-state index >= 15 is 0 Å². The number of carbonyl (C=O) groups excluding carboxylic acids is 2. The van der Waals surface area contributed by atoms with Crippen molar-refractivity contribution in [3.8, 4) is 0 Å². The van der Waals surface area contributed by atoms with Crippen molar-refractivity contribution in [1.82, 2.24) is 0 Å². The summed E-state index contributed by atoms with van der Waals surface area (Å²) < 4.78 is 18.5. The SMILES string of the molecule is Cc1coc(C)c1C(=O)CC1(O)C(=O)N(Cc2ccc(F)cc2)c2ccccc21. The van der Waals surface area contributed by atoms with Crippen molar-refractivity contribution in [2.24, 2.45) is 0 Å². The number of furan rings is 1. The van der Waals surface area contributed by atoms with E-state index in [1.165, 1.54) is 23.3 Å². The van der Waals surface area contributed by atoms with Crippen molar-refractivity contribution in [3.05, 3.63) is 88.6 Å². The highest BCUT2D eigenvalue weighted by molar-refractivity contribution is 6.11. The van der Waals surface area contributed by atoms with Gasteiger partial charge in [-0.2, -0.15) is 0 Å². The van der Waals surface area contributed by atoms with E-state index in [0.29, 0.717) is 33.7 Å². The smallest absolute Gasteiger partial charge is 0.264 e. The Balaban J connectivity index is 1.69. The van der Waals surface area contributed by atoms with Crippen LogP contribution in [-0.2, 0) is 16.9 Å². The van der Waals surface area contributed by atoms with Crippen LogP contribution < -0.4 is 4.90 Å². The number of halogens is 1. The number of hydrogen-bond acceptors (Lipinski definition) is 4. The van der Waals surface area contributed by atoms with Gasteiger partial charge in [0.1, 0.15) is 11.6 Å². The van der Waals surface area contributed by atoms with Crippen LogP contribution in [0.25, 0.3) is 0 Å². The zero-order valence-electron chi connectivity index (χ0n) is 16.1. The third kappa shape index (κ3) is 3.15. The molecule has 0 saturated heterocycles.